The molecule has 0 bridgehead atoms. The van der Waals surface area contributed by atoms with Crippen LogP contribution in [0.2, 0.25) is 0 Å². The van der Waals surface area contributed by atoms with Crippen LogP contribution < -0.4 is 22.5 Å². The van der Waals surface area contributed by atoms with Crippen LogP contribution in [0.3, 0.4) is 0 Å². The summed E-state index contributed by atoms with van der Waals surface area (Å²) in [6, 6.07) is 9.88. The quantitative estimate of drug-likeness (QED) is 0.209. The second-order valence-electron chi connectivity index (χ2n) is 6.97. The van der Waals surface area contributed by atoms with Gasteiger partial charge in [-0.3, -0.25) is 5.32 Å². The van der Waals surface area contributed by atoms with E-state index in [1.54, 1.807) is 36.4 Å². The van der Waals surface area contributed by atoms with E-state index in [0.29, 0.717) is 23.8 Å². The van der Waals surface area contributed by atoms with Crippen LogP contribution in [-0.4, -0.2) is 22.8 Å². The molecule has 0 aliphatic rings. The molecule has 0 atom stereocenters. The molecule has 0 saturated heterocycles. The number of aromatic hydroxyl groups is 1. The van der Waals surface area contributed by atoms with E-state index in [0.717, 1.165) is 12.8 Å². The van der Waals surface area contributed by atoms with Crippen molar-refractivity contribution in [1.82, 2.24) is 4.98 Å². The molecule has 166 valence electrons. The summed E-state index contributed by atoms with van der Waals surface area (Å²) in [5, 5.41) is 11.3. The Morgan fingerprint density at radius 2 is 1.57 bits per heavy atom. The first-order chi connectivity index (χ1) is 14.4. The highest BCUT2D eigenvalue weighted by Gasteiger charge is 2.05. The lowest BCUT2D eigenvalue weighted by Gasteiger charge is -2.07. The van der Waals surface area contributed by atoms with E-state index in [1.807, 2.05) is 0 Å². The van der Waals surface area contributed by atoms with Crippen molar-refractivity contribution in [2.24, 2.45) is 0 Å². The van der Waals surface area contributed by atoms with E-state index in [-0.39, 0.29) is 11.6 Å². The van der Waals surface area contributed by atoms with Crippen LogP contribution in [-0.2, 0) is 4.74 Å². The first kappa shape index (κ1) is 24.9. The zero-order chi connectivity index (χ0) is 22.2. The molecule has 2 rings (SSSR count). The van der Waals surface area contributed by atoms with Gasteiger partial charge in [0.1, 0.15) is 17.4 Å². The standard InChI is InChI=1S/C16H28N4O2.C6H7NO/c1-2-3-4-5-6-7-8-9-12-22-16(21)20-14-11-10-13(17)15(18)19-14;7-5-3-1-2-4-6(5)8/h10-11H,2-9,12,17H2,1H3,(H3,18,19,20,21);1-4,8H,7H2. The highest BCUT2D eigenvalue weighted by molar-refractivity contribution is 5.84. The van der Waals surface area contributed by atoms with Gasteiger partial charge in [-0.2, -0.15) is 0 Å². The van der Waals surface area contributed by atoms with Gasteiger partial charge in [-0.1, -0.05) is 64.0 Å². The predicted octanol–water partition coefficient (Wildman–Crippen LogP) is 4.91. The van der Waals surface area contributed by atoms with E-state index in [2.05, 4.69) is 17.2 Å². The fourth-order valence-corrected chi connectivity index (χ4v) is 2.58. The van der Waals surface area contributed by atoms with Crippen molar-refractivity contribution in [3.05, 3.63) is 36.4 Å². The third kappa shape index (κ3) is 11.0. The fourth-order valence-electron chi connectivity index (χ4n) is 2.58. The van der Waals surface area contributed by atoms with Gasteiger partial charge in [0.2, 0.25) is 0 Å². The van der Waals surface area contributed by atoms with Gasteiger partial charge in [0.15, 0.2) is 0 Å². The van der Waals surface area contributed by atoms with Crippen LogP contribution in [0.1, 0.15) is 58.3 Å². The van der Waals surface area contributed by atoms with Gasteiger partial charge in [0.05, 0.1) is 18.0 Å². The largest absolute Gasteiger partial charge is 0.506 e. The summed E-state index contributed by atoms with van der Waals surface area (Å²) in [6.45, 7) is 2.64. The van der Waals surface area contributed by atoms with Crippen molar-refractivity contribution < 1.29 is 14.6 Å². The van der Waals surface area contributed by atoms with Gasteiger partial charge in [-0.25, -0.2) is 9.78 Å². The molecule has 8 N–H and O–H groups in total. The average molecular weight is 418 g/mol. The molecule has 1 heterocycles. The molecule has 0 spiro atoms. The maximum Gasteiger partial charge on any atom is 0.412 e. The predicted molar refractivity (Wildman–Crippen MR) is 123 cm³/mol. The molecule has 0 aliphatic heterocycles. The number of nitrogens with one attached hydrogen (secondary N) is 1. The average Bonchev–Trinajstić information content (AvgIpc) is 2.72. The monoisotopic (exact) mass is 417 g/mol. The van der Waals surface area contributed by atoms with Gasteiger partial charge in [-0.05, 0) is 30.7 Å². The number of phenols is 1. The Bertz CT molecular complexity index is 734. The minimum Gasteiger partial charge on any atom is -0.506 e. The van der Waals surface area contributed by atoms with Crippen LogP contribution in [0.5, 0.6) is 5.75 Å². The van der Waals surface area contributed by atoms with Gasteiger partial charge >= 0.3 is 6.09 Å². The van der Waals surface area contributed by atoms with Crippen LogP contribution in [0.4, 0.5) is 27.8 Å². The number of nitrogens with two attached hydrogens (primary N) is 3. The highest BCUT2D eigenvalue weighted by Crippen LogP contribution is 2.16. The highest BCUT2D eigenvalue weighted by atomic mass is 16.5. The molecular weight excluding hydrogens is 382 g/mol. The number of hydrogen-bond acceptors (Lipinski definition) is 7. The van der Waals surface area contributed by atoms with Crippen molar-refractivity contribution >= 4 is 29.1 Å². The van der Waals surface area contributed by atoms with Crippen molar-refractivity contribution in [3.63, 3.8) is 0 Å². The lowest BCUT2D eigenvalue weighted by atomic mass is 10.1. The molecule has 1 aromatic heterocycles. The van der Waals surface area contributed by atoms with Gasteiger partial charge < -0.3 is 27.0 Å². The number of benzene rings is 1. The third-order valence-electron chi connectivity index (χ3n) is 4.36. The number of para-hydroxylation sites is 2. The maximum atomic E-state index is 11.6. The minimum atomic E-state index is -0.514. The molecule has 0 unspecified atom stereocenters. The van der Waals surface area contributed by atoms with Gasteiger partial charge in [0, 0.05) is 0 Å². The van der Waals surface area contributed by atoms with Gasteiger partial charge in [-0.15, -0.1) is 0 Å². The minimum absolute atomic E-state index is 0.146. The number of unbranched alkanes of at least 4 members (excludes halogenated alkanes) is 7. The summed E-state index contributed by atoms with van der Waals surface area (Å²) < 4.78 is 5.10. The Kier molecular flexibility index (Phi) is 12.3. The summed E-state index contributed by atoms with van der Waals surface area (Å²) in [4.78, 5) is 15.5. The smallest absolute Gasteiger partial charge is 0.412 e. The molecule has 8 nitrogen and oxygen atoms in total. The molecule has 2 aromatic rings. The number of hydrogen-bond donors (Lipinski definition) is 5. The molecular formula is C22H35N5O3. The second-order valence-corrected chi connectivity index (χ2v) is 6.97. The summed E-state index contributed by atoms with van der Waals surface area (Å²) in [7, 11) is 0. The number of aromatic nitrogens is 1. The summed E-state index contributed by atoms with van der Waals surface area (Å²) in [6.07, 6.45) is 9.16. The molecule has 30 heavy (non-hydrogen) atoms. The molecule has 0 fully saturated rings. The van der Waals surface area contributed by atoms with Crippen molar-refractivity contribution in [2.75, 3.05) is 29.1 Å². The molecule has 8 heteroatoms. The summed E-state index contributed by atoms with van der Waals surface area (Å²) >= 11 is 0. The number of nitrogens with zero attached hydrogens (tertiary/aromatic N) is 1. The number of phenolic OH excluding ortho intramolecular Hbond substituents is 1. The first-order valence-corrected chi connectivity index (χ1v) is 10.4. The number of carbonyl (C=O) groups is 1. The summed E-state index contributed by atoms with van der Waals surface area (Å²) in [5.41, 5.74) is 17.2. The topological polar surface area (TPSA) is 150 Å². The second kappa shape index (κ2) is 14.8. The number of nitrogen functional groups attached to an aromatic ring is 3. The summed E-state index contributed by atoms with van der Waals surface area (Å²) in [5.74, 6) is 0.681. The van der Waals surface area contributed by atoms with E-state index in [4.69, 9.17) is 27.0 Å². The number of rotatable bonds is 10. The zero-order valence-corrected chi connectivity index (χ0v) is 17.8. The Balaban J connectivity index is 0.000000467. The normalized spacial score (nSPS) is 10.0. The van der Waals surface area contributed by atoms with Crippen LogP contribution in [0.15, 0.2) is 36.4 Å². The molecule has 1 aromatic carbocycles. The molecule has 0 aliphatic carbocycles. The first-order valence-electron chi connectivity index (χ1n) is 10.4. The maximum absolute atomic E-state index is 11.6. The van der Waals surface area contributed by atoms with Crippen molar-refractivity contribution in [1.29, 1.82) is 0 Å². The SMILES string of the molecule is CCCCCCCCCCOC(=O)Nc1ccc(N)c(N)n1.Nc1ccccc1O. The Morgan fingerprint density at radius 1 is 0.933 bits per heavy atom. The Morgan fingerprint density at radius 3 is 2.13 bits per heavy atom. The van der Waals surface area contributed by atoms with E-state index < -0.39 is 6.09 Å². The Labute approximate surface area is 178 Å². The van der Waals surface area contributed by atoms with Gasteiger partial charge in [0.25, 0.3) is 0 Å². The van der Waals surface area contributed by atoms with Crippen molar-refractivity contribution in [2.45, 2.75) is 58.3 Å². The van der Waals surface area contributed by atoms with E-state index in [9.17, 15) is 4.79 Å². The number of ether oxygens (including phenoxy) is 1. The number of anilines is 4. The van der Waals surface area contributed by atoms with Crippen LogP contribution >= 0.6 is 0 Å². The molecule has 1 amide bonds. The number of pyridine rings is 1. The fraction of sp³-hybridized carbons (Fsp3) is 0.455. The lowest BCUT2D eigenvalue weighted by molar-refractivity contribution is 0.159. The lowest BCUT2D eigenvalue weighted by Crippen LogP contribution is -2.15. The Hall–Kier alpha value is -3.16. The van der Waals surface area contributed by atoms with Crippen molar-refractivity contribution in [3.8, 4) is 5.75 Å². The zero-order valence-electron chi connectivity index (χ0n) is 17.8. The number of carbonyl (C=O) groups excluding carboxylic acids is 1. The third-order valence-corrected chi connectivity index (χ3v) is 4.36. The van der Waals surface area contributed by atoms with Crippen LogP contribution in [0.25, 0.3) is 0 Å². The molecule has 0 saturated carbocycles. The number of amides is 1. The van der Waals surface area contributed by atoms with E-state index in [1.165, 1.54) is 38.5 Å². The van der Waals surface area contributed by atoms with Crippen LogP contribution in [0, 0.1) is 0 Å². The van der Waals surface area contributed by atoms with E-state index >= 15 is 0 Å². The molecule has 0 radical (unpaired) electrons.